The average molecular weight is 538 g/mol. The van der Waals surface area contributed by atoms with E-state index in [0.29, 0.717) is 44.5 Å². The Bertz CT molecular complexity index is 995. The van der Waals surface area contributed by atoms with Crippen molar-refractivity contribution in [2.24, 2.45) is 0 Å². The predicted octanol–water partition coefficient (Wildman–Crippen LogP) is 6.68. The molecule has 2 heterocycles. The molecule has 2 aromatic heterocycles. The van der Waals surface area contributed by atoms with Gasteiger partial charge >= 0.3 is 0 Å². The highest BCUT2D eigenvalue weighted by atomic mass is 32.1. The van der Waals surface area contributed by atoms with Crippen molar-refractivity contribution in [2.75, 3.05) is 52.2 Å². The number of hydrogen-bond donors (Lipinski definition) is 0. The molecule has 0 aliphatic carbocycles. The Morgan fingerprint density at radius 1 is 0.639 bits per heavy atom. The minimum absolute atomic E-state index is 0.146. The van der Waals surface area contributed by atoms with Crippen molar-refractivity contribution in [3.05, 3.63) is 50.8 Å². The van der Waals surface area contributed by atoms with Crippen LogP contribution in [0.15, 0.2) is 39.7 Å². The number of benzene rings is 1. The van der Waals surface area contributed by atoms with Crippen molar-refractivity contribution < 1.29 is 33.2 Å². The van der Waals surface area contributed by atoms with Gasteiger partial charge in [-0.15, -0.1) is 22.7 Å². The normalized spacial score (nSPS) is 11.1. The van der Waals surface area contributed by atoms with Gasteiger partial charge in [-0.1, -0.05) is 0 Å². The zero-order chi connectivity index (χ0) is 25.6. The maximum atomic E-state index is 5.89. The van der Waals surface area contributed by atoms with Crippen LogP contribution in [0.4, 0.5) is 17.1 Å². The van der Waals surface area contributed by atoms with E-state index in [1.165, 1.54) is 0 Å². The summed E-state index contributed by atoms with van der Waals surface area (Å²) in [5.41, 5.74) is 5.04. The summed E-state index contributed by atoms with van der Waals surface area (Å²) < 4.78 is 39.2. The van der Waals surface area contributed by atoms with Crippen LogP contribution in [0.5, 0.6) is 11.5 Å². The molecule has 3 aromatic rings. The highest BCUT2D eigenvalue weighted by Crippen LogP contribution is 2.44. The maximum absolute atomic E-state index is 5.89. The number of ether oxygens (including phenoxy) is 7. The third-order valence-electron chi connectivity index (χ3n) is 4.99. The van der Waals surface area contributed by atoms with Crippen molar-refractivity contribution >= 4 is 39.7 Å². The topological polar surface area (TPSA) is 67.9 Å². The first-order chi connectivity index (χ1) is 17.7. The summed E-state index contributed by atoms with van der Waals surface area (Å²) in [5.74, 6) is 1.26. The van der Waals surface area contributed by atoms with Crippen LogP contribution in [-0.4, -0.2) is 47.3 Å². The molecule has 0 bridgehead atoms. The molecule has 8 nitrogen and oxygen atoms in total. The molecule has 0 saturated heterocycles. The second-order valence-corrected chi connectivity index (χ2v) is 8.95. The molecule has 3 rings (SSSR count). The van der Waals surface area contributed by atoms with Gasteiger partial charge in [0.05, 0.1) is 30.3 Å². The maximum Gasteiger partial charge on any atom is 0.189 e. The van der Waals surface area contributed by atoms with E-state index in [2.05, 4.69) is 26.4 Å². The number of methoxy groups -OCH3 is 1. The van der Waals surface area contributed by atoms with Gasteiger partial charge in [0.1, 0.15) is 18.3 Å². The summed E-state index contributed by atoms with van der Waals surface area (Å²) in [7, 11) is 1.61. The smallest absolute Gasteiger partial charge is 0.189 e. The van der Waals surface area contributed by atoms with E-state index >= 15 is 0 Å². The summed E-state index contributed by atoms with van der Waals surface area (Å²) in [6.45, 7) is 9.07. The van der Waals surface area contributed by atoms with Crippen LogP contribution >= 0.6 is 22.7 Å². The number of anilines is 3. The highest BCUT2D eigenvalue weighted by molar-refractivity contribution is 7.09. The first-order valence-corrected chi connectivity index (χ1v) is 13.7. The zero-order valence-corrected chi connectivity index (χ0v) is 23.0. The van der Waals surface area contributed by atoms with Gasteiger partial charge in [-0.2, -0.15) is 0 Å². The fourth-order valence-electron chi connectivity index (χ4n) is 3.34. The third kappa shape index (κ3) is 8.17. The molecule has 0 spiro atoms. The Morgan fingerprint density at radius 2 is 1.17 bits per heavy atom. The van der Waals surface area contributed by atoms with E-state index in [1.807, 2.05) is 39.0 Å². The molecular weight excluding hydrogens is 502 g/mol. The van der Waals surface area contributed by atoms with E-state index in [1.54, 1.807) is 29.8 Å². The minimum Gasteiger partial charge on any atom is -0.467 e. The number of nitrogens with zero attached hydrogens (tertiary/aromatic N) is 1. The zero-order valence-electron chi connectivity index (χ0n) is 21.3. The average Bonchev–Trinajstić information content (AvgIpc) is 3.54. The van der Waals surface area contributed by atoms with Gasteiger partial charge < -0.3 is 38.1 Å². The molecular formula is C26H35NO7S2. The second-order valence-electron chi connectivity index (χ2n) is 7.46. The summed E-state index contributed by atoms with van der Waals surface area (Å²) in [5, 5.41) is 8.45. The van der Waals surface area contributed by atoms with Crippen LogP contribution in [0.3, 0.4) is 0 Å². The van der Waals surface area contributed by atoms with Gasteiger partial charge in [-0.05, 0) is 31.5 Å². The van der Waals surface area contributed by atoms with Crippen LogP contribution in [0.25, 0.3) is 0 Å². The van der Waals surface area contributed by atoms with Crippen LogP contribution in [-0.2, 0) is 36.9 Å². The van der Waals surface area contributed by atoms with E-state index < -0.39 is 0 Å². The molecule has 0 atom stereocenters. The van der Waals surface area contributed by atoms with Crippen molar-refractivity contribution in [1.82, 2.24) is 0 Å². The molecule has 198 valence electrons. The van der Waals surface area contributed by atoms with Gasteiger partial charge in [-0.25, -0.2) is 0 Å². The standard InChI is InChI=1S/C26H35NO7S2/c1-5-29-11-20-13-35-15-25(20)27(26-16-36-14-21(26)12-32-17-28-4)22-8-23(33-18-30-6-2)10-24(9-22)34-19-31-7-3/h8-10,13-16H,5-7,11-12,17-19H2,1-4H3. The quantitative estimate of drug-likeness (QED) is 0.131. The van der Waals surface area contributed by atoms with Crippen molar-refractivity contribution in [3.8, 4) is 11.5 Å². The SMILES string of the molecule is CCOCOc1cc(OCOCC)cc(N(c2cscc2COCC)c2cscc2COCOC)c1. The van der Waals surface area contributed by atoms with Crippen LogP contribution in [0.1, 0.15) is 31.9 Å². The Balaban J connectivity index is 2.06. The van der Waals surface area contributed by atoms with Gasteiger partial charge in [0.2, 0.25) is 0 Å². The summed E-state index contributed by atoms with van der Waals surface area (Å²) in [4.78, 5) is 2.19. The summed E-state index contributed by atoms with van der Waals surface area (Å²) in [6.07, 6.45) is 0. The molecule has 1 aromatic carbocycles. The molecule has 0 amide bonds. The van der Waals surface area contributed by atoms with Crippen LogP contribution < -0.4 is 14.4 Å². The minimum atomic E-state index is 0.146. The lowest BCUT2D eigenvalue weighted by atomic mass is 10.1. The number of hydrogen-bond acceptors (Lipinski definition) is 10. The van der Waals surface area contributed by atoms with Gasteiger partial charge in [0.15, 0.2) is 13.6 Å². The van der Waals surface area contributed by atoms with E-state index in [9.17, 15) is 0 Å². The number of thiophene rings is 2. The lowest BCUT2D eigenvalue weighted by Gasteiger charge is -2.27. The van der Waals surface area contributed by atoms with Gasteiger partial charge in [0.25, 0.3) is 0 Å². The van der Waals surface area contributed by atoms with E-state index in [-0.39, 0.29) is 20.4 Å². The van der Waals surface area contributed by atoms with E-state index in [0.717, 1.165) is 28.2 Å². The molecule has 0 unspecified atom stereocenters. The van der Waals surface area contributed by atoms with E-state index in [4.69, 9.17) is 33.2 Å². The van der Waals surface area contributed by atoms with Gasteiger partial charge in [0, 0.05) is 67.0 Å². The molecule has 36 heavy (non-hydrogen) atoms. The molecule has 0 N–H and O–H groups in total. The van der Waals surface area contributed by atoms with Crippen LogP contribution in [0, 0.1) is 0 Å². The molecule has 0 aliphatic rings. The monoisotopic (exact) mass is 537 g/mol. The number of rotatable bonds is 18. The molecule has 0 saturated carbocycles. The van der Waals surface area contributed by atoms with Crippen molar-refractivity contribution in [2.45, 2.75) is 34.0 Å². The Morgan fingerprint density at radius 3 is 1.67 bits per heavy atom. The molecule has 0 radical (unpaired) electrons. The molecule has 0 aliphatic heterocycles. The lowest BCUT2D eigenvalue weighted by Crippen LogP contribution is -2.14. The lowest BCUT2D eigenvalue weighted by molar-refractivity contribution is -0.0388. The first-order valence-electron chi connectivity index (χ1n) is 11.8. The van der Waals surface area contributed by atoms with Crippen LogP contribution in [0.2, 0.25) is 0 Å². The Hall–Kier alpha value is -2.18. The second kappa shape index (κ2) is 15.8. The predicted molar refractivity (Wildman–Crippen MR) is 143 cm³/mol. The van der Waals surface area contributed by atoms with Crippen molar-refractivity contribution in [1.29, 1.82) is 0 Å². The molecule has 10 heteroatoms. The van der Waals surface area contributed by atoms with Gasteiger partial charge in [-0.3, -0.25) is 0 Å². The largest absolute Gasteiger partial charge is 0.467 e. The summed E-state index contributed by atoms with van der Waals surface area (Å²) in [6, 6.07) is 5.79. The summed E-state index contributed by atoms with van der Waals surface area (Å²) >= 11 is 3.25. The van der Waals surface area contributed by atoms with Crippen molar-refractivity contribution in [3.63, 3.8) is 0 Å². The third-order valence-corrected chi connectivity index (χ3v) is 6.55. The molecule has 0 fully saturated rings. The fraction of sp³-hybridized carbons (Fsp3) is 0.462. The first kappa shape index (κ1) is 28.4. The Labute approximate surface area is 221 Å². The fourth-order valence-corrected chi connectivity index (χ4v) is 4.95. The Kier molecular flexibility index (Phi) is 12.5. The highest BCUT2D eigenvalue weighted by Gasteiger charge is 2.22.